The first-order valence-corrected chi connectivity index (χ1v) is 8.48. The minimum absolute atomic E-state index is 0.135. The molecule has 0 saturated heterocycles. The van der Waals surface area contributed by atoms with E-state index in [0.29, 0.717) is 24.4 Å². The van der Waals surface area contributed by atoms with E-state index in [0.717, 1.165) is 11.3 Å². The Morgan fingerprint density at radius 3 is 2.32 bits per heavy atom. The molecular formula is C15H21N3O3S. The molecule has 6 nitrogen and oxygen atoms in total. The van der Waals surface area contributed by atoms with Crippen molar-refractivity contribution in [1.82, 2.24) is 9.88 Å². The summed E-state index contributed by atoms with van der Waals surface area (Å²) in [6, 6.07) is 8.02. The summed E-state index contributed by atoms with van der Waals surface area (Å²) in [6.07, 6.45) is 0.621. The lowest BCUT2D eigenvalue weighted by molar-refractivity contribution is 0.390. The Morgan fingerprint density at radius 2 is 1.82 bits per heavy atom. The predicted octanol–water partition coefficient (Wildman–Crippen LogP) is 1.88. The van der Waals surface area contributed by atoms with Crippen LogP contribution in [0.1, 0.15) is 17.0 Å². The third kappa shape index (κ3) is 3.66. The van der Waals surface area contributed by atoms with Crippen molar-refractivity contribution in [1.29, 1.82) is 0 Å². The summed E-state index contributed by atoms with van der Waals surface area (Å²) in [7, 11) is 0.373. The zero-order chi connectivity index (χ0) is 16.3. The lowest BCUT2D eigenvalue weighted by atomic mass is 10.1. The van der Waals surface area contributed by atoms with Gasteiger partial charge in [0.05, 0.1) is 0 Å². The normalized spacial score (nSPS) is 11.6. The Bertz CT molecular complexity index is 714. The summed E-state index contributed by atoms with van der Waals surface area (Å²) >= 11 is 0. The molecule has 0 radical (unpaired) electrons. The first-order chi connectivity index (χ1) is 10.3. The Kier molecular flexibility index (Phi) is 4.87. The summed E-state index contributed by atoms with van der Waals surface area (Å²) in [5.41, 5.74) is 2.56. The quantitative estimate of drug-likeness (QED) is 0.878. The molecule has 120 valence electrons. The van der Waals surface area contributed by atoms with Gasteiger partial charge in [0.25, 0.3) is 0 Å². The standard InChI is InChI=1S/C15H21N3O3S/c1-11-15(12(2)21-17-11)22(19,20)16-10-9-13-5-7-14(8-6-13)18(3)4/h5-8,16H,9-10H2,1-4H3. The topological polar surface area (TPSA) is 75.4 Å². The van der Waals surface area contributed by atoms with E-state index in [2.05, 4.69) is 9.88 Å². The number of nitrogens with one attached hydrogen (secondary N) is 1. The zero-order valence-electron chi connectivity index (χ0n) is 13.3. The van der Waals surface area contributed by atoms with Crippen LogP contribution in [0.5, 0.6) is 0 Å². The summed E-state index contributed by atoms with van der Waals surface area (Å²) in [5, 5.41) is 3.68. The summed E-state index contributed by atoms with van der Waals surface area (Å²) in [5.74, 6) is 0.306. The molecule has 7 heteroatoms. The van der Waals surface area contributed by atoms with E-state index in [-0.39, 0.29) is 4.90 Å². The fourth-order valence-corrected chi connectivity index (χ4v) is 3.58. The van der Waals surface area contributed by atoms with Gasteiger partial charge in [-0.1, -0.05) is 17.3 Å². The maximum absolute atomic E-state index is 12.3. The van der Waals surface area contributed by atoms with E-state index in [1.54, 1.807) is 13.8 Å². The maximum Gasteiger partial charge on any atom is 0.245 e. The molecule has 0 fully saturated rings. The minimum atomic E-state index is -3.58. The molecule has 2 rings (SSSR count). The molecule has 1 heterocycles. The third-order valence-electron chi connectivity index (χ3n) is 3.40. The van der Waals surface area contributed by atoms with Crippen molar-refractivity contribution in [2.24, 2.45) is 0 Å². The van der Waals surface area contributed by atoms with Gasteiger partial charge in [0, 0.05) is 26.3 Å². The van der Waals surface area contributed by atoms with Crippen molar-refractivity contribution in [3.05, 3.63) is 41.3 Å². The predicted molar refractivity (Wildman–Crippen MR) is 85.6 cm³/mol. The molecule has 22 heavy (non-hydrogen) atoms. The molecule has 0 saturated carbocycles. The number of sulfonamides is 1. The van der Waals surface area contributed by atoms with Gasteiger partial charge in [-0.25, -0.2) is 13.1 Å². The number of aromatic nitrogens is 1. The molecule has 0 aliphatic rings. The molecule has 0 aliphatic carbocycles. The average Bonchev–Trinajstić information content (AvgIpc) is 2.79. The second-order valence-electron chi connectivity index (χ2n) is 5.36. The molecular weight excluding hydrogens is 302 g/mol. The molecule has 0 bridgehead atoms. The summed E-state index contributed by atoms with van der Waals surface area (Å²) < 4.78 is 32.0. The Morgan fingerprint density at radius 1 is 1.18 bits per heavy atom. The number of nitrogens with zero attached hydrogens (tertiary/aromatic N) is 2. The van der Waals surface area contributed by atoms with Crippen LogP contribution in [0.25, 0.3) is 0 Å². The smallest absolute Gasteiger partial charge is 0.245 e. The number of hydrogen-bond donors (Lipinski definition) is 1. The van der Waals surface area contributed by atoms with Crippen LogP contribution in [0.4, 0.5) is 5.69 Å². The van der Waals surface area contributed by atoms with E-state index in [9.17, 15) is 8.42 Å². The van der Waals surface area contributed by atoms with Crippen molar-refractivity contribution < 1.29 is 12.9 Å². The number of anilines is 1. The highest BCUT2D eigenvalue weighted by Crippen LogP contribution is 2.18. The highest BCUT2D eigenvalue weighted by atomic mass is 32.2. The third-order valence-corrected chi connectivity index (χ3v) is 5.10. The molecule has 0 atom stereocenters. The molecule has 1 aromatic carbocycles. The Balaban J connectivity index is 1.98. The van der Waals surface area contributed by atoms with Crippen LogP contribution in [0, 0.1) is 13.8 Å². The minimum Gasteiger partial charge on any atom is -0.378 e. The van der Waals surface area contributed by atoms with Crippen LogP contribution in [0.3, 0.4) is 0 Å². The molecule has 1 aromatic heterocycles. The lowest BCUT2D eigenvalue weighted by Gasteiger charge is -2.12. The Hall–Kier alpha value is -1.86. The van der Waals surface area contributed by atoms with Gasteiger partial charge in [-0.2, -0.15) is 0 Å². The zero-order valence-corrected chi connectivity index (χ0v) is 14.1. The second-order valence-corrected chi connectivity index (χ2v) is 7.07. The molecule has 1 N–H and O–H groups in total. The van der Waals surface area contributed by atoms with Crippen LogP contribution in [-0.4, -0.2) is 34.2 Å². The SMILES string of the molecule is Cc1noc(C)c1S(=O)(=O)NCCc1ccc(N(C)C)cc1. The summed E-state index contributed by atoms with van der Waals surface area (Å²) in [4.78, 5) is 2.15. The lowest BCUT2D eigenvalue weighted by Crippen LogP contribution is -2.26. The summed E-state index contributed by atoms with van der Waals surface area (Å²) in [6.45, 7) is 3.53. The van der Waals surface area contributed by atoms with Crippen LogP contribution in [0.15, 0.2) is 33.7 Å². The average molecular weight is 323 g/mol. The van der Waals surface area contributed by atoms with Crippen molar-refractivity contribution >= 4 is 15.7 Å². The van der Waals surface area contributed by atoms with E-state index in [4.69, 9.17) is 4.52 Å². The van der Waals surface area contributed by atoms with Crippen LogP contribution in [-0.2, 0) is 16.4 Å². The first kappa shape index (κ1) is 16.5. The van der Waals surface area contributed by atoms with E-state index < -0.39 is 10.0 Å². The van der Waals surface area contributed by atoms with Gasteiger partial charge in [0.15, 0.2) is 5.76 Å². The molecule has 0 aliphatic heterocycles. The van der Waals surface area contributed by atoms with Crippen molar-refractivity contribution in [2.75, 3.05) is 25.5 Å². The molecule has 2 aromatic rings. The van der Waals surface area contributed by atoms with Gasteiger partial charge >= 0.3 is 0 Å². The van der Waals surface area contributed by atoms with Gasteiger partial charge in [-0.15, -0.1) is 0 Å². The number of hydrogen-bond acceptors (Lipinski definition) is 5. The molecule has 0 spiro atoms. The Labute approximate surface area is 131 Å². The number of aryl methyl sites for hydroxylation is 2. The van der Waals surface area contributed by atoms with E-state index in [1.165, 1.54) is 0 Å². The van der Waals surface area contributed by atoms with Crippen molar-refractivity contribution in [3.8, 4) is 0 Å². The van der Waals surface area contributed by atoms with Crippen molar-refractivity contribution in [3.63, 3.8) is 0 Å². The fraction of sp³-hybridized carbons (Fsp3) is 0.400. The number of rotatable bonds is 6. The van der Waals surface area contributed by atoms with E-state index >= 15 is 0 Å². The fourth-order valence-electron chi connectivity index (χ4n) is 2.22. The van der Waals surface area contributed by atoms with Gasteiger partial charge in [0.2, 0.25) is 10.0 Å². The van der Waals surface area contributed by atoms with Gasteiger partial charge in [0.1, 0.15) is 10.6 Å². The second kappa shape index (κ2) is 6.50. The number of benzene rings is 1. The first-order valence-electron chi connectivity index (χ1n) is 7.00. The molecule has 0 amide bonds. The largest absolute Gasteiger partial charge is 0.378 e. The van der Waals surface area contributed by atoms with Crippen molar-refractivity contribution in [2.45, 2.75) is 25.2 Å². The van der Waals surface area contributed by atoms with E-state index in [1.807, 2.05) is 43.3 Å². The molecule has 0 unspecified atom stereocenters. The maximum atomic E-state index is 12.3. The van der Waals surface area contributed by atoms with Gasteiger partial charge in [-0.05, 0) is 38.0 Å². The highest BCUT2D eigenvalue weighted by molar-refractivity contribution is 7.89. The highest BCUT2D eigenvalue weighted by Gasteiger charge is 2.23. The van der Waals surface area contributed by atoms with Crippen LogP contribution in [0.2, 0.25) is 0 Å². The van der Waals surface area contributed by atoms with Gasteiger partial charge in [-0.3, -0.25) is 0 Å². The van der Waals surface area contributed by atoms with Gasteiger partial charge < -0.3 is 9.42 Å². The van der Waals surface area contributed by atoms with Crippen LogP contribution >= 0.6 is 0 Å². The van der Waals surface area contributed by atoms with Crippen LogP contribution < -0.4 is 9.62 Å². The monoisotopic (exact) mass is 323 g/mol.